The van der Waals surface area contributed by atoms with Crippen LogP contribution in [0.5, 0.6) is 5.75 Å². The van der Waals surface area contributed by atoms with Crippen LogP contribution in [0.3, 0.4) is 0 Å². The van der Waals surface area contributed by atoms with Crippen molar-refractivity contribution in [2.24, 2.45) is 5.73 Å². The first-order valence-corrected chi connectivity index (χ1v) is 6.10. The monoisotopic (exact) mass is 317 g/mol. The minimum absolute atomic E-state index is 0.225. The molecule has 108 valence electrons. The number of hydrogen-bond donors (Lipinski definition) is 1. The Morgan fingerprint density at radius 3 is 2.42 bits per heavy atom. The van der Waals surface area contributed by atoms with Gasteiger partial charge in [-0.1, -0.05) is 23.2 Å². The quantitative estimate of drug-likeness (QED) is 0.818. The maximum Gasteiger partial charge on any atom is 0.522 e. The standard InChI is InChI=1S/C11H12Cl2F3NO2/c12-8-5-7(1-2-17)10(9(13)6-8)18-3-4-19-11(14,15)16/h5-6H,1-4,17H2. The van der Waals surface area contributed by atoms with E-state index in [2.05, 4.69) is 4.74 Å². The predicted molar refractivity (Wildman–Crippen MR) is 66.7 cm³/mol. The number of halogens is 5. The zero-order chi connectivity index (χ0) is 14.5. The van der Waals surface area contributed by atoms with Crippen molar-refractivity contribution in [3.8, 4) is 5.75 Å². The third kappa shape index (κ3) is 5.86. The number of alkyl halides is 3. The molecule has 0 saturated carbocycles. The second kappa shape index (κ2) is 7.19. The lowest BCUT2D eigenvalue weighted by atomic mass is 10.1. The van der Waals surface area contributed by atoms with Crippen LogP contribution in [0.15, 0.2) is 12.1 Å². The van der Waals surface area contributed by atoms with E-state index in [4.69, 9.17) is 33.7 Å². The SMILES string of the molecule is NCCc1cc(Cl)cc(Cl)c1OCCOC(F)(F)F. The number of rotatable bonds is 6. The highest BCUT2D eigenvalue weighted by Crippen LogP contribution is 2.32. The Hall–Kier alpha value is -0.690. The van der Waals surface area contributed by atoms with Crippen LogP contribution in [0.25, 0.3) is 0 Å². The summed E-state index contributed by atoms with van der Waals surface area (Å²) < 4.78 is 44.1. The van der Waals surface area contributed by atoms with Crippen LogP contribution >= 0.6 is 23.2 Å². The first-order chi connectivity index (χ1) is 8.83. The third-order valence-corrected chi connectivity index (χ3v) is 2.59. The lowest BCUT2D eigenvalue weighted by Crippen LogP contribution is -2.18. The van der Waals surface area contributed by atoms with Gasteiger partial charge in [0.15, 0.2) is 0 Å². The fraction of sp³-hybridized carbons (Fsp3) is 0.455. The maximum absolute atomic E-state index is 11.8. The molecule has 3 nitrogen and oxygen atoms in total. The van der Waals surface area contributed by atoms with E-state index in [1.54, 1.807) is 6.07 Å². The molecule has 0 aliphatic carbocycles. The highest BCUT2D eigenvalue weighted by Gasteiger charge is 2.28. The van der Waals surface area contributed by atoms with Crippen LogP contribution in [0.2, 0.25) is 10.0 Å². The van der Waals surface area contributed by atoms with Gasteiger partial charge >= 0.3 is 6.36 Å². The predicted octanol–water partition coefficient (Wildman–Crippen LogP) is 3.41. The van der Waals surface area contributed by atoms with E-state index in [0.29, 0.717) is 23.6 Å². The summed E-state index contributed by atoms with van der Waals surface area (Å²) in [6, 6.07) is 3.06. The fourth-order valence-corrected chi connectivity index (χ4v) is 2.01. The Morgan fingerprint density at radius 2 is 1.84 bits per heavy atom. The van der Waals surface area contributed by atoms with Gasteiger partial charge in [0.05, 0.1) is 11.6 Å². The van der Waals surface area contributed by atoms with Crippen molar-refractivity contribution in [3.63, 3.8) is 0 Å². The third-order valence-electron chi connectivity index (χ3n) is 2.09. The molecule has 0 saturated heterocycles. The van der Waals surface area contributed by atoms with Crippen molar-refractivity contribution in [2.45, 2.75) is 12.8 Å². The van der Waals surface area contributed by atoms with Crippen LogP contribution in [-0.4, -0.2) is 26.1 Å². The molecule has 0 atom stereocenters. The Labute approximate surface area is 118 Å². The molecule has 0 aliphatic rings. The fourth-order valence-electron chi connectivity index (χ4n) is 1.42. The molecule has 0 aliphatic heterocycles. The zero-order valence-corrected chi connectivity index (χ0v) is 11.3. The molecule has 0 fully saturated rings. The molecular formula is C11H12Cl2F3NO2. The van der Waals surface area contributed by atoms with E-state index in [-0.39, 0.29) is 17.4 Å². The Kier molecular flexibility index (Phi) is 6.19. The first kappa shape index (κ1) is 16.4. The van der Waals surface area contributed by atoms with Crippen molar-refractivity contribution in [3.05, 3.63) is 27.7 Å². The van der Waals surface area contributed by atoms with Crippen LogP contribution in [-0.2, 0) is 11.2 Å². The molecule has 0 amide bonds. The Morgan fingerprint density at radius 1 is 1.16 bits per heavy atom. The molecule has 1 rings (SSSR count). The van der Waals surface area contributed by atoms with Crippen LogP contribution in [0.4, 0.5) is 13.2 Å². The zero-order valence-electron chi connectivity index (χ0n) is 9.77. The summed E-state index contributed by atoms with van der Waals surface area (Å²) in [5.74, 6) is 0.280. The molecule has 19 heavy (non-hydrogen) atoms. The molecule has 0 radical (unpaired) electrons. The smallest absolute Gasteiger partial charge is 0.489 e. The molecule has 0 aromatic heterocycles. The minimum Gasteiger partial charge on any atom is -0.489 e. The van der Waals surface area contributed by atoms with Crippen LogP contribution in [0, 0.1) is 0 Å². The molecule has 2 N–H and O–H groups in total. The lowest BCUT2D eigenvalue weighted by molar-refractivity contribution is -0.325. The topological polar surface area (TPSA) is 44.5 Å². The van der Waals surface area contributed by atoms with E-state index in [0.717, 1.165) is 0 Å². The average Bonchev–Trinajstić information content (AvgIpc) is 2.25. The summed E-state index contributed by atoms with van der Waals surface area (Å²) in [7, 11) is 0. The van der Waals surface area contributed by atoms with Crippen molar-refractivity contribution in [1.29, 1.82) is 0 Å². The Bertz CT molecular complexity index is 427. The van der Waals surface area contributed by atoms with Gasteiger partial charge in [-0.25, -0.2) is 0 Å². The second-order valence-corrected chi connectivity index (χ2v) is 4.40. The van der Waals surface area contributed by atoms with E-state index in [1.807, 2.05) is 0 Å². The summed E-state index contributed by atoms with van der Waals surface area (Å²) in [6.45, 7) is -0.560. The number of nitrogens with two attached hydrogens (primary N) is 1. The van der Waals surface area contributed by atoms with Gasteiger partial charge in [0.1, 0.15) is 12.4 Å². The van der Waals surface area contributed by atoms with Crippen molar-refractivity contribution < 1.29 is 22.6 Å². The number of benzene rings is 1. The molecule has 8 heteroatoms. The molecular weight excluding hydrogens is 306 g/mol. The van der Waals surface area contributed by atoms with Gasteiger partial charge in [-0.2, -0.15) is 0 Å². The van der Waals surface area contributed by atoms with Crippen LogP contribution < -0.4 is 10.5 Å². The molecule has 0 bridgehead atoms. The van der Waals surface area contributed by atoms with Gasteiger partial charge in [-0.3, -0.25) is 4.74 Å². The normalized spacial score (nSPS) is 11.7. The van der Waals surface area contributed by atoms with Gasteiger partial charge in [0.25, 0.3) is 0 Å². The highest BCUT2D eigenvalue weighted by molar-refractivity contribution is 6.35. The Balaban J connectivity index is 2.66. The molecule has 0 heterocycles. The van der Waals surface area contributed by atoms with Crippen molar-refractivity contribution in [1.82, 2.24) is 0 Å². The average molecular weight is 318 g/mol. The van der Waals surface area contributed by atoms with E-state index < -0.39 is 13.0 Å². The summed E-state index contributed by atoms with van der Waals surface area (Å²) in [5, 5.41) is 0.635. The number of hydrogen-bond acceptors (Lipinski definition) is 3. The van der Waals surface area contributed by atoms with Gasteiger partial charge < -0.3 is 10.5 Å². The molecule has 0 spiro atoms. The second-order valence-electron chi connectivity index (χ2n) is 3.56. The summed E-state index contributed by atoms with van der Waals surface area (Å²) >= 11 is 11.8. The minimum atomic E-state index is -4.67. The van der Waals surface area contributed by atoms with E-state index >= 15 is 0 Å². The largest absolute Gasteiger partial charge is 0.522 e. The van der Waals surface area contributed by atoms with Crippen molar-refractivity contribution >= 4 is 23.2 Å². The number of ether oxygens (including phenoxy) is 2. The summed E-state index contributed by atoms with van der Waals surface area (Å²) in [5.41, 5.74) is 6.07. The van der Waals surface area contributed by atoms with Gasteiger partial charge in [0, 0.05) is 5.02 Å². The maximum atomic E-state index is 11.8. The lowest BCUT2D eigenvalue weighted by Gasteiger charge is -2.14. The molecule has 1 aromatic rings. The first-order valence-electron chi connectivity index (χ1n) is 5.35. The molecule has 1 aromatic carbocycles. The molecule has 0 unspecified atom stereocenters. The summed E-state index contributed by atoms with van der Waals surface area (Å²) in [4.78, 5) is 0. The van der Waals surface area contributed by atoms with Crippen LogP contribution in [0.1, 0.15) is 5.56 Å². The van der Waals surface area contributed by atoms with E-state index in [1.165, 1.54) is 6.07 Å². The van der Waals surface area contributed by atoms with Gasteiger partial charge in [0.2, 0.25) is 0 Å². The van der Waals surface area contributed by atoms with Gasteiger partial charge in [-0.05, 0) is 30.7 Å². The van der Waals surface area contributed by atoms with Gasteiger partial charge in [-0.15, -0.1) is 13.2 Å². The summed E-state index contributed by atoms with van der Waals surface area (Å²) in [6.07, 6.45) is -4.22. The van der Waals surface area contributed by atoms with E-state index in [9.17, 15) is 13.2 Å². The van der Waals surface area contributed by atoms with Crippen molar-refractivity contribution in [2.75, 3.05) is 19.8 Å². The highest BCUT2D eigenvalue weighted by atomic mass is 35.5.